The Labute approximate surface area is 517 Å². The normalized spacial score (nSPS) is 14.0. The van der Waals surface area contributed by atoms with E-state index in [9.17, 15) is 19.4 Å². The number of carbonyl (C=O) groups excluding carboxylic acids is 1. The zero-order valence-corrected chi connectivity index (χ0v) is 56.8. The highest BCUT2D eigenvalue weighted by molar-refractivity contribution is 7.45. The highest BCUT2D eigenvalue weighted by Gasteiger charge is 2.23. The third kappa shape index (κ3) is 67.6. The average Bonchev–Trinajstić information content (AvgIpc) is 3.50. The van der Waals surface area contributed by atoms with E-state index in [0.29, 0.717) is 17.4 Å². The van der Waals surface area contributed by atoms with E-state index in [1.165, 1.54) is 283 Å². The zero-order valence-electron chi connectivity index (χ0n) is 55.9. The van der Waals surface area contributed by atoms with Crippen LogP contribution in [0.2, 0.25) is 0 Å². The minimum atomic E-state index is -4.62. The zero-order chi connectivity index (χ0) is 60.5. The van der Waals surface area contributed by atoms with Gasteiger partial charge in [0.1, 0.15) is 13.2 Å². The predicted octanol–water partition coefficient (Wildman–Crippen LogP) is 22.5. The van der Waals surface area contributed by atoms with E-state index in [2.05, 4.69) is 67.8 Å². The molecule has 0 bridgehead atoms. The van der Waals surface area contributed by atoms with Crippen molar-refractivity contribution in [2.75, 3.05) is 40.9 Å². The summed E-state index contributed by atoms with van der Waals surface area (Å²) in [5.41, 5.74) is 0. The number of amides is 1. The van der Waals surface area contributed by atoms with Gasteiger partial charge in [0.25, 0.3) is 7.82 Å². The molecule has 0 aromatic carbocycles. The quantitative estimate of drug-likeness (QED) is 0.0272. The molecule has 0 radical (unpaired) electrons. The molecule has 488 valence electrons. The number of aliphatic hydroxyl groups is 1. The summed E-state index contributed by atoms with van der Waals surface area (Å²) >= 11 is 0. The van der Waals surface area contributed by atoms with Crippen LogP contribution in [-0.4, -0.2) is 68.5 Å². The molecule has 0 aromatic rings. The Bertz CT molecular complexity index is 1540. The van der Waals surface area contributed by atoms with Crippen molar-refractivity contribution in [2.24, 2.45) is 0 Å². The lowest BCUT2D eigenvalue weighted by atomic mass is 10.0. The molecule has 8 nitrogen and oxygen atoms in total. The van der Waals surface area contributed by atoms with Crippen LogP contribution in [0.1, 0.15) is 354 Å². The number of hydrogen-bond acceptors (Lipinski definition) is 6. The number of hydrogen-bond donors (Lipinski definition) is 2. The molecule has 9 heteroatoms. The van der Waals surface area contributed by atoms with Crippen LogP contribution in [-0.2, 0) is 18.4 Å². The molecular formula is C74H141N2O6P. The average molecular weight is 1190 g/mol. The number of likely N-dealkylation sites (N-methyl/N-ethyl adjacent to an activating group) is 1. The molecule has 0 aliphatic carbocycles. The van der Waals surface area contributed by atoms with Gasteiger partial charge in [0.05, 0.1) is 39.9 Å². The summed E-state index contributed by atoms with van der Waals surface area (Å²) < 4.78 is 23.5. The number of phosphoric ester groups is 1. The number of unbranched alkanes of at least 4 members (excludes halogenated alkanes) is 46. The van der Waals surface area contributed by atoms with Crippen LogP contribution in [0.3, 0.4) is 0 Å². The molecule has 0 fully saturated rings. The molecule has 0 aliphatic heterocycles. The summed E-state index contributed by atoms with van der Waals surface area (Å²) in [5.74, 6) is -0.204. The molecule has 0 spiro atoms. The fraction of sp³-hybridized carbons (Fsp3) is 0.851. The lowest BCUT2D eigenvalue weighted by molar-refractivity contribution is -0.870. The van der Waals surface area contributed by atoms with E-state index in [0.717, 1.165) is 51.4 Å². The fourth-order valence-corrected chi connectivity index (χ4v) is 11.6. The van der Waals surface area contributed by atoms with Gasteiger partial charge in [0.2, 0.25) is 5.91 Å². The lowest BCUT2D eigenvalue weighted by Crippen LogP contribution is -2.45. The predicted molar refractivity (Wildman–Crippen MR) is 362 cm³/mol. The van der Waals surface area contributed by atoms with Crippen LogP contribution in [0.4, 0.5) is 0 Å². The van der Waals surface area contributed by atoms with Gasteiger partial charge in [-0.2, -0.15) is 0 Å². The first-order valence-electron chi connectivity index (χ1n) is 36.2. The van der Waals surface area contributed by atoms with Crippen LogP contribution < -0.4 is 10.2 Å². The summed E-state index contributed by atoms with van der Waals surface area (Å²) in [6.07, 6.45) is 89.3. The van der Waals surface area contributed by atoms with E-state index >= 15 is 0 Å². The maximum Gasteiger partial charge on any atom is 0.268 e. The Kier molecular flexibility index (Phi) is 63.3. The number of allylic oxidation sites excluding steroid dienone is 9. The molecule has 0 saturated carbocycles. The fourth-order valence-electron chi connectivity index (χ4n) is 10.8. The monoisotopic (exact) mass is 1190 g/mol. The Morgan fingerprint density at radius 3 is 1.06 bits per heavy atom. The molecule has 0 aromatic heterocycles. The highest BCUT2D eigenvalue weighted by Crippen LogP contribution is 2.38. The molecule has 0 rings (SSSR count). The second-order valence-corrected chi connectivity index (χ2v) is 27.3. The van der Waals surface area contributed by atoms with Gasteiger partial charge in [0, 0.05) is 6.42 Å². The first kappa shape index (κ1) is 81.2. The van der Waals surface area contributed by atoms with Crippen molar-refractivity contribution in [1.82, 2.24) is 5.32 Å². The van der Waals surface area contributed by atoms with Gasteiger partial charge in [-0.3, -0.25) is 9.36 Å². The smallest absolute Gasteiger partial charge is 0.268 e. The molecule has 0 heterocycles. The summed E-state index contributed by atoms with van der Waals surface area (Å²) in [6.45, 7) is 4.66. The Morgan fingerprint density at radius 1 is 0.422 bits per heavy atom. The number of aliphatic hydroxyl groups excluding tert-OH is 1. The molecule has 1 amide bonds. The van der Waals surface area contributed by atoms with Gasteiger partial charge in [-0.05, 0) is 70.6 Å². The number of phosphoric acid groups is 1. The SMILES string of the molecule is CCCCCCC/C=C\C/C=C\C/C=C\CCCCCCCCCCCCCCCCC(=O)NC(COP(=O)([O-])OCC[N+](C)(C)C)C(O)/C=C/CC/C=C/CCCCCCCCCCCCCCCCCCCCCCCCCCCC. The van der Waals surface area contributed by atoms with Crippen molar-refractivity contribution in [1.29, 1.82) is 0 Å². The van der Waals surface area contributed by atoms with Crippen LogP contribution in [0.25, 0.3) is 0 Å². The minimum absolute atomic E-state index is 0.00711. The number of nitrogens with zero attached hydrogens (tertiary/aromatic N) is 1. The van der Waals surface area contributed by atoms with Crippen molar-refractivity contribution in [2.45, 2.75) is 366 Å². The van der Waals surface area contributed by atoms with Crippen LogP contribution >= 0.6 is 7.82 Å². The van der Waals surface area contributed by atoms with Crippen molar-refractivity contribution < 1.29 is 32.9 Å². The third-order valence-corrected chi connectivity index (χ3v) is 17.4. The second kappa shape index (κ2) is 64.7. The molecule has 3 atom stereocenters. The summed E-state index contributed by atoms with van der Waals surface area (Å²) in [7, 11) is 1.25. The number of quaternary nitrogens is 1. The van der Waals surface area contributed by atoms with E-state index in [1.807, 2.05) is 27.2 Å². The van der Waals surface area contributed by atoms with Crippen molar-refractivity contribution in [3.63, 3.8) is 0 Å². The Balaban J connectivity index is 4.08. The maximum atomic E-state index is 13.0. The number of carbonyl (C=O) groups is 1. The van der Waals surface area contributed by atoms with Gasteiger partial charge < -0.3 is 28.8 Å². The summed E-state index contributed by atoms with van der Waals surface area (Å²) in [6, 6.07) is -0.908. The second-order valence-electron chi connectivity index (χ2n) is 25.9. The molecule has 0 aliphatic rings. The van der Waals surface area contributed by atoms with Gasteiger partial charge >= 0.3 is 0 Å². The minimum Gasteiger partial charge on any atom is -0.756 e. The van der Waals surface area contributed by atoms with Gasteiger partial charge in [-0.15, -0.1) is 0 Å². The lowest BCUT2D eigenvalue weighted by Gasteiger charge is -2.29. The third-order valence-electron chi connectivity index (χ3n) is 16.4. The summed E-state index contributed by atoms with van der Waals surface area (Å²) in [4.78, 5) is 25.6. The topological polar surface area (TPSA) is 108 Å². The van der Waals surface area contributed by atoms with Crippen LogP contribution in [0, 0.1) is 0 Å². The molecule has 2 N–H and O–H groups in total. The standard InChI is InChI=1S/C74H141N2O6P/c1-6-8-10-12-14-16-18-20-22-24-26-28-30-32-34-36-37-38-40-41-43-45-47-49-51-53-55-57-59-61-63-65-67-73(77)72(71-82-83(79,80)81-70-69-76(3,4)5)75-74(78)68-66-64-62-60-58-56-54-52-50-48-46-44-42-39-35-33-31-29-27-25-23-21-19-17-15-13-11-9-7-2/h19,21,25,27,31,33,57,59,65,67,72-73,77H,6-18,20,22-24,26,28-30,32,34-56,58,60-64,66,68-71H2,1-5H3,(H-,75,78,79,80)/b21-19-,27-25-,33-31-,59-57+,67-65+. The number of rotatable bonds is 67. The maximum absolute atomic E-state index is 13.0. The van der Waals surface area contributed by atoms with E-state index in [4.69, 9.17) is 9.05 Å². The Hall–Kier alpha value is -1.80. The molecule has 83 heavy (non-hydrogen) atoms. The number of nitrogens with one attached hydrogen (secondary N) is 1. The molecular weight excluding hydrogens is 1040 g/mol. The van der Waals surface area contributed by atoms with Crippen molar-refractivity contribution in [3.8, 4) is 0 Å². The van der Waals surface area contributed by atoms with E-state index in [1.54, 1.807) is 6.08 Å². The molecule has 3 unspecified atom stereocenters. The van der Waals surface area contributed by atoms with Crippen LogP contribution in [0.5, 0.6) is 0 Å². The van der Waals surface area contributed by atoms with Gasteiger partial charge in [-0.25, -0.2) is 0 Å². The van der Waals surface area contributed by atoms with E-state index < -0.39 is 26.6 Å². The summed E-state index contributed by atoms with van der Waals surface area (Å²) in [5, 5.41) is 14.0. The first-order valence-corrected chi connectivity index (χ1v) is 37.6. The first-order chi connectivity index (χ1) is 40.5. The highest BCUT2D eigenvalue weighted by atomic mass is 31.2. The largest absolute Gasteiger partial charge is 0.756 e. The van der Waals surface area contributed by atoms with Crippen molar-refractivity contribution in [3.05, 3.63) is 60.8 Å². The van der Waals surface area contributed by atoms with Crippen molar-refractivity contribution >= 4 is 13.7 Å². The van der Waals surface area contributed by atoms with Gasteiger partial charge in [0.15, 0.2) is 0 Å². The Morgan fingerprint density at radius 2 is 0.711 bits per heavy atom. The van der Waals surface area contributed by atoms with Crippen LogP contribution in [0.15, 0.2) is 60.8 Å². The van der Waals surface area contributed by atoms with E-state index in [-0.39, 0.29) is 12.5 Å². The van der Waals surface area contributed by atoms with Gasteiger partial charge in [-0.1, -0.05) is 338 Å². The molecule has 0 saturated heterocycles.